The third kappa shape index (κ3) is 1.78. The minimum atomic E-state index is -0.925. The average molecular weight is 280 g/mol. The van der Waals surface area contributed by atoms with Crippen molar-refractivity contribution in [2.45, 2.75) is 37.8 Å². The Morgan fingerprint density at radius 3 is 2.35 bits per heavy atom. The minimum Gasteiger partial charge on any atom is -0.305 e. The third-order valence-corrected chi connectivity index (χ3v) is 4.21. The molecule has 1 N–H and O–H groups in total. The Bertz CT molecular complexity index is 562. The van der Waals surface area contributed by atoms with Gasteiger partial charge in [-0.3, -0.25) is 10.1 Å². The van der Waals surface area contributed by atoms with Crippen LogP contribution in [0.2, 0.25) is 0 Å². The van der Waals surface area contributed by atoms with Gasteiger partial charge in [0.05, 0.1) is 6.54 Å². The van der Waals surface area contributed by atoms with Crippen molar-refractivity contribution in [2.75, 3.05) is 0 Å². The molecule has 1 aromatic carbocycles. The van der Waals surface area contributed by atoms with E-state index in [9.17, 15) is 18.4 Å². The van der Waals surface area contributed by atoms with E-state index >= 15 is 0 Å². The van der Waals surface area contributed by atoms with Gasteiger partial charge in [0.25, 0.3) is 5.91 Å². The smallest absolute Gasteiger partial charge is 0.305 e. The van der Waals surface area contributed by atoms with Gasteiger partial charge in [0.15, 0.2) is 0 Å². The van der Waals surface area contributed by atoms with Gasteiger partial charge in [-0.2, -0.15) is 0 Å². The predicted molar refractivity (Wildman–Crippen MR) is 66.6 cm³/mol. The number of rotatable bonds is 2. The van der Waals surface area contributed by atoms with E-state index in [1.54, 1.807) is 0 Å². The number of amides is 3. The Balaban J connectivity index is 1.96. The zero-order chi connectivity index (χ0) is 14.3. The number of nitrogens with one attached hydrogen (secondary N) is 1. The molecule has 0 bridgehead atoms. The van der Waals surface area contributed by atoms with E-state index in [2.05, 4.69) is 5.32 Å². The Kier molecular flexibility index (Phi) is 2.96. The molecule has 1 aliphatic heterocycles. The molecule has 20 heavy (non-hydrogen) atoms. The first-order valence-electron chi connectivity index (χ1n) is 6.60. The number of hydrogen-bond acceptors (Lipinski definition) is 2. The van der Waals surface area contributed by atoms with Crippen molar-refractivity contribution in [2.24, 2.45) is 0 Å². The molecule has 2 aliphatic rings. The summed E-state index contributed by atoms with van der Waals surface area (Å²) in [7, 11) is 0. The molecule has 3 amide bonds. The summed E-state index contributed by atoms with van der Waals surface area (Å²) in [5.41, 5.74) is -1.10. The van der Waals surface area contributed by atoms with Crippen LogP contribution in [-0.2, 0) is 11.3 Å². The highest BCUT2D eigenvalue weighted by Crippen LogP contribution is 2.39. The molecule has 0 atom stereocenters. The van der Waals surface area contributed by atoms with E-state index in [1.807, 2.05) is 0 Å². The molecule has 1 saturated heterocycles. The molecule has 1 spiro atoms. The van der Waals surface area contributed by atoms with E-state index in [0.717, 1.165) is 25.0 Å². The second-order valence-corrected chi connectivity index (χ2v) is 5.28. The van der Waals surface area contributed by atoms with Crippen LogP contribution in [0.4, 0.5) is 13.6 Å². The Hall–Kier alpha value is -1.98. The summed E-state index contributed by atoms with van der Waals surface area (Å²) in [5, 5.41) is 2.26. The lowest BCUT2D eigenvalue weighted by molar-refractivity contribution is -0.126. The molecule has 3 rings (SSSR count). The highest BCUT2D eigenvalue weighted by Gasteiger charge is 2.54. The minimum absolute atomic E-state index is 0.177. The number of urea groups is 1. The van der Waals surface area contributed by atoms with Gasteiger partial charge in [0.1, 0.15) is 17.2 Å². The zero-order valence-electron chi connectivity index (χ0n) is 10.8. The number of benzene rings is 1. The van der Waals surface area contributed by atoms with Gasteiger partial charge in [-0.1, -0.05) is 18.9 Å². The van der Waals surface area contributed by atoms with E-state index in [-0.39, 0.29) is 18.0 Å². The van der Waals surface area contributed by atoms with Gasteiger partial charge in [-0.25, -0.2) is 13.6 Å². The summed E-state index contributed by atoms with van der Waals surface area (Å²) in [5.74, 6) is -1.76. The van der Waals surface area contributed by atoms with Crippen molar-refractivity contribution in [3.05, 3.63) is 35.4 Å². The summed E-state index contributed by atoms with van der Waals surface area (Å²) in [4.78, 5) is 25.2. The van der Waals surface area contributed by atoms with Crippen molar-refractivity contribution in [1.82, 2.24) is 10.2 Å². The van der Waals surface area contributed by atoms with Crippen LogP contribution >= 0.6 is 0 Å². The van der Waals surface area contributed by atoms with Gasteiger partial charge in [-0.15, -0.1) is 0 Å². The normalized spacial score (nSPS) is 20.8. The van der Waals surface area contributed by atoms with E-state index in [4.69, 9.17) is 0 Å². The molecule has 106 valence electrons. The molecule has 0 unspecified atom stereocenters. The van der Waals surface area contributed by atoms with Crippen molar-refractivity contribution in [3.63, 3.8) is 0 Å². The molecule has 1 heterocycles. The number of hydrogen-bond donors (Lipinski definition) is 1. The number of nitrogens with zero attached hydrogens (tertiary/aromatic N) is 1. The molecule has 6 heteroatoms. The molecular weight excluding hydrogens is 266 g/mol. The predicted octanol–water partition coefficient (Wildman–Crippen LogP) is 2.33. The second-order valence-electron chi connectivity index (χ2n) is 5.28. The number of halogens is 2. The molecule has 1 saturated carbocycles. The fourth-order valence-corrected chi connectivity index (χ4v) is 3.12. The third-order valence-electron chi connectivity index (χ3n) is 4.21. The highest BCUT2D eigenvalue weighted by molar-refractivity contribution is 6.07. The molecular formula is C14H14F2N2O2. The maximum atomic E-state index is 13.7. The first-order valence-corrected chi connectivity index (χ1v) is 6.60. The van der Waals surface area contributed by atoms with E-state index in [0.29, 0.717) is 12.8 Å². The highest BCUT2D eigenvalue weighted by atomic mass is 19.1. The summed E-state index contributed by atoms with van der Waals surface area (Å²) in [6.45, 7) is -0.226. The molecule has 4 nitrogen and oxygen atoms in total. The van der Waals surface area contributed by atoms with Gasteiger partial charge in [-0.05, 0) is 25.0 Å². The van der Waals surface area contributed by atoms with Crippen molar-refractivity contribution < 1.29 is 18.4 Å². The average Bonchev–Trinajstić information content (AvgIpc) is 2.96. The Labute approximate surface area is 114 Å². The van der Waals surface area contributed by atoms with Crippen LogP contribution in [0, 0.1) is 11.6 Å². The lowest BCUT2D eigenvalue weighted by atomic mass is 9.95. The molecule has 0 radical (unpaired) electrons. The molecule has 2 fully saturated rings. The van der Waals surface area contributed by atoms with E-state index in [1.165, 1.54) is 11.0 Å². The summed E-state index contributed by atoms with van der Waals surface area (Å²) in [6, 6.07) is 3.00. The lowest BCUT2D eigenvalue weighted by Gasteiger charge is -2.31. The summed E-state index contributed by atoms with van der Waals surface area (Å²) >= 11 is 0. The standard InChI is InChI=1S/C14H14F2N2O2/c15-10-4-3-5-11(16)9(10)8-18-13(20)17-12(19)14(18)6-1-2-7-14/h3-5H,1-2,6-8H2,(H,17,19,20). The lowest BCUT2D eigenvalue weighted by Crippen LogP contribution is -2.47. The summed E-state index contributed by atoms with van der Waals surface area (Å²) < 4.78 is 27.4. The molecule has 1 aliphatic carbocycles. The molecule has 0 aromatic heterocycles. The summed E-state index contributed by atoms with van der Waals surface area (Å²) in [6.07, 6.45) is 2.75. The van der Waals surface area contributed by atoms with E-state index < -0.39 is 23.2 Å². The molecule has 1 aromatic rings. The quantitative estimate of drug-likeness (QED) is 0.845. The maximum absolute atomic E-state index is 13.7. The van der Waals surface area contributed by atoms with Gasteiger partial charge >= 0.3 is 6.03 Å². The van der Waals surface area contributed by atoms with Gasteiger partial charge in [0.2, 0.25) is 0 Å². The number of imide groups is 1. The van der Waals surface area contributed by atoms with Crippen LogP contribution in [0.1, 0.15) is 31.2 Å². The van der Waals surface area contributed by atoms with Crippen LogP contribution in [0.15, 0.2) is 18.2 Å². The fourth-order valence-electron chi connectivity index (χ4n) is 3.12. The first kappa shape index (κ1) is 13.0. The zero-order valence-corrected chi connectivity index (χ0v) is 10.8. The van der Waals surface area contributed by atoms with Gasteiger partial charge in [0, 0.05) is 5.56 Å². The van der Waals surface area contributed by atoms with Gasteiger partial charge < -0.3 is 4.90 Å². The van der Waals surface area contributed by atoms with Crippen molar-refractivity contribution in [3.8, 4) is 0 Å². The van der Waals surface area contributed by atoms with Crippen molar-refractivity contribution in [1.29, 1.82) is 0 Å². The fraction of sp³-hybridized carbons (Fsp3) is 0.429. The van der Waals surface area contributed by atoms with Crippen molar-refractivity contribution >= 4 is 11.9 Å². The monoisotopic (exact) mass is 280 g/mol. The second kappa shape index (κ2) is 4.54. The Morgan fingerprint density at radius 1 is 1.15 bits per heavy atom. The number of carbonyl (C=O) groups is 2. The van der Waals surface area contributed by atoms with Crippen LogP contribution in [0.3, 0.4) is 0 Å². The van der Waals surface area contributed by atoms with Crippen LogP contribution in [-0.4, -0.2) is 22.4 Å². The number of carbonyl (C=O) groups excluding carboxylic acids is 2. The maximum Gasteiger partial charge on any atom is 0.325 e. The van der Waals surface area contributed by atoms with Crippen LogP contribution in [0.5, 0.6) is 0 Å². The van der Waals surface area contributed by atoms with Crippen LogP contribution < -0.4 is 5.32 Å². The topological polar surface area (TPSA) is 49.4 Å². The SMILES string of the molecule is O=C1NC(=O)C2(CCCC2)N1Cc1c(F)cccc1F. The first-order chi connectivity index (χ1) is 9.54. The largest absolute Gasteiger partial charge is 0.325 e. The van der Waals surface area contributed by atoms with Crippen LogP contribution in [0.25, 0.3) is 0 Å². The Morgan fingerprint density at radius 2 is 1.75 bits per heavy atom.